The maximum Gasteiger partial charge on any atom is 0.348 e. The molecule has 0 amide bonds. The predicted molar refractivity (Wildman–Crippen MR) is 67.7 cm³/mol. The number of carbonyl (C=O) groups excluding carboxylic acids is 1. The lowest BCUT2D eigenvalue weighted by Crippen LogP contribution is -1.95. The smallest absolute Gasteiger partial charge is 0.348 e. The average molecular weight is 248 g/mol. The molecule has 0 radical (unpaired) electrons. The van der Waals surface area contributed by atoms with E-state index >= 15 is 0 Å². The first-order valence-electron chi connectivity index (χ1n) is 5.92. The number of hydrogen-bond donors (Lipinski definition) is 0. The Kier molecular flexibility index (Phi) is 3.87. The number of methoxy groups -OCH3 is 1. The highest BCUT2D eigenvalue weighted by molar-refractivity contribution is 5.87. The molecule has 1 aromatic rings. The SMILES string of the molecule is CCOc1ccc(C=CCC2OC2=O)cc1OC. The Morgan fingerprint density at radius 2 is 2.17 bits per heavy atom. The van der Waals surface area contributed by atoms with Crippen molar-refractivity contribution < 1.29 is 19.0 Å². The minimum atomic E-state index is -0.231. The van der Waals surface area contributed by atoms with Crippen LogP contribution in [-0.2, 0) is 9.53 Å². The van der Waals surface area contributed by atoms with Gasteiger partial charge in [-0.25, -0.2) is 4.79 Å². The van der Waals surface area contributed by atoms with E-state index in [1.54, 1.807) is 7.11 Å². The highest BCUT2D eigenvalue weighted by Crippen LogP contribution is 2.28. The molecule has 1 unspecified atom stereocenters. The fraction of sp³-hybridized carbons (Fsp3) is 0.357. The molecule has 96 valence electrons. The highest BCUT2D eigenvalue weighted by atomic mass is 16.6. The quantitative estimate of drug-likeness (QED) is 0.725. The Balaban J connectivity index is 2.01. The molecule has 1 heterocycles. The number of hydrogen-bond acceptors (Lipinski definition) is 4. The monoisotopic (exact) mass is 248 g/mol. The van der Waals surface area contributed by atoms with Gasteiger partial charge < -0.3 is 14.2 Å². The number of epoxide rings is 1. The first-order chi connectivity index (χ1) is 8.74. The molecule has 18 heavy (non-hydrogen) atoms. The van der Waals surface area contributed by atoms with Crippen molar-refractivity contribution in [1.82, 2.24) is 0 Å². The van der Waals surface area contributed by atoms with Crippen molar-refractivity contribution >= 4 is 12.0 Å². The van der Waals surface area contributed by atoms with E-state index in [1.807, 2.05) is 37.3 Å². The second kappa shape index (κ2) is 5.58. The summed E-state index contributed by atoms with van der Waals surface area (Å²) in [5.74, 6) is 1.32. The molecule has 1 fully saturated rings. The van der Waals surface area contributed by atoms with E-state index in [0.29, 0.717) is 18.8 Å². The summed E-state index contributed by atoms with van der Waals surface area (Å²) in [6.07, 6.45) is 4.25. The Hall–Kier alpha value is -1.97. The predicted octanol–water partition coefficient (Wildman–Crippen LogP) is 2.42. The van der Waals surface area contributed by atoms with Crippen LogP contribution in [0.5, 0.6) is 11.5 Å². The third-order valence-electron chi connectivity index (χ3n) is 2.61. The minimum absolute atomic E-state index is 0.121. The largest absolute Gasteiger partial charge is 0.493 e. The molecule has 0 spiro atoms. The summed E-state index contributed by atoms with van der Waals surface area (Å²) in [5, 5.41) is 0. The van der Waals surface area contributed by atoms with Crippen molar-refractivity contribution in [3.63, 3.8) is 0 Å². The van der Waals surface area contributed by atoms with Crippen LogP contribution < -0.4 is 9.47 Å². The van der Waals surface area contributed by atoms with Crippen molar-refractivity contribution in [3.05, 3.63) is 29.8 Å². The topological polar surface area (TPSA) is 48.1 Å². The standard InChI is InChI=1S/C14H16O4/c1-3-17-11-8-7-10(9-13(11)16-2)5-4-6-12-14(15)18-12/h4-5,7-9,12H,3,6H2,1-2H3. The first-order valence-corrected chi connectivity index (χ1v) is 5.92. The third-order valence-corrected chi connectivity index (χ3v) is 2.61. The van der Waals surface area contributed by atoms with Crippen LogP contribution in [0.15, 0.2) is 24.3 Å². The van der Waals surface area contributed by atoms with Crippen LogP contribution >= 0.6 is 0 Å². The molecule has 1 aromatic carbocycles. The number of benzene rings is 1. The van der Waals surface area contributed by atoms with Crippen LogP contribution in [0.4, 0.5) is 0 Å². The van der Waals surface area contributed by atoms with E-state index in [2.05, 4.69) is 0 Å². The summed E-state index contributed by atoms with van der Waals surface area (Å²) in [6, 6.07) is 5.72. The van der Waals surface area contributed by atoms with Gasteiger partial charge in [-0.05, 0) is 24.6 Å². The minimum Gasteiger partial charge on any atom is -0.493 e. The van der Waals surface area contributed by atoms with Gasteiger partial charge in [0.25, 0.3) is 0 Å². The summed E-state index contributed by atoms with van der Waals surface area (Å²) in [4.78, 5) is 10.7. The van der Waals surface area contributed by atoms with E-state index in [9.17, 15) is 4.79 Å². The molecule has 1 saturated heterocycles. The molecular formula is C14H16O4. The summed E-state index contributed by atoms with van der Waals surface area (Å²) < 4.78 is 15.4. The van der Waals surface area contributed by atoms with Gasteiger partial charge in [-0.3, -0.25) is 0 Å². The van der Waals surface area contributed by atoms with Gasteiger partial charge in [0.1, 0.15) is 0 Å². The Labute approximate surface area is 106 Å². The van der Waals surface area contributed by atoms with E-state index in [0.717, 1.165) is 11.3 Å². The van der Waals surface area contributed by atoms with Gasteiger partial charge in [-0.2, -0.15) is 0 Å². The van der Waals surface area contributed by atoms with Crippen LogP contribution in [0.25, 0.3) is 6.08 Å². The second-order valence-corrected chi connectivity index (χ2v) is 3.91. The van der Waals surface area contributed by atoms with Gasteiger partial charge >= 0.3 is 5.97 Å². The lowest BCUT2D eigenvalue weighted by molar-refractivity contribution is -0.117. The number of cyclic esters (lactones) is 1. The summed E-state index contributed by atoms with van der Waals surface area (Å²) in [7, 11) is 1.61. The lowest BCUT2D eigenvalue weighted by atomic mass is 10.1. The molecule has 0 saturated carbocycles. The van der Waals surface area contributed by atoms with Gasteiger partial charge in [0.2, 0.25) is 6.10 Å². The van der Waals surface area contributed by atoms with Crippen molar-refractivity contribution in [1.29, 1.82) is 0 Å². The number of rotatable bonds is 6. The number of carbonyl (C=O) groups is 1. The van der Waals surface area contributed by atoms with Crippen LogP contribution in [-0.4, -0.2) is 25.8 Å². The zero-order valence-corrected chi connectivity index (χ0v) is 10.5. The maximum absolute atomic E-state index is 10.7. The average Bonchev–Trinajstić information content (AvgIpc) is 3.07. The van der Waals surface area contributed by atoms with Gasteiger partial charge in [0.15, 0.2) is 11.5 Å². The molecule has 1 atom stereocenters. The zero-order chi connectivity index (χ0) is 13.0. The van der Waals surface area contributed by atoms with Gasteiger partial charge in [0.05, 0.1) is 13.7 Å². The third kappa shape index (κ3) is 3.03. The normalized spacial score (nSPS) is 17.7. The summed E-state index contributed by atoms with van der Waals surface area (Å²) >= 11 is 0. The van der Waals surface area contributed by atoms with Crippen LogP contribution in [0, 0.1) is 0 Å². The van der Waals surface area contributed by atoms with Crippen molar-refractivity contribution in [3.8, 4) is 11.5 Å². The Morgan fingerprint density at radius 1 is 1.39 bits per heavy atom. The van der Waals surface area contributed by atoms with Crippen LogP contribution in [0.2, 0.25) is 0 Å². The highest BCUT2D eigenvalue weighted by Gasteiger charge is 2.36. The molecule has 2 rings (SSSR count). The zero-order valence-electron chi connectivity index (χ0n) is 10.5. The Morgan fingerprint density at radius 3 is 2.78 bits per heavy atom. The Bertz CT molecular complexity index is 465. The summed E-state index contributed by atoms with van der Waals surface area (Å²) in [6.45, 7) is 2.53. The van der Waals surface area contributed by atoms with Gasteiger partial charge in [-0.1, -0.05) is 18.2 Å². The summed E-state index contributed by atoms with van der Waals surface area (Å²) in [5.41, 5.74) is 1.00. The van der Waals surface area contributed by atoms with Crippen LogP contribution in [0.1, 0.15) is 18.9 Å². The molecule has 0 aliphatic carbocycles. The molecule has 0 N–H and O–H groups in total. The molecule has 0 aromatic heterocycles. The fourth-order valence-corrected chi connectivity index (χ4v) is 1.64. The molecule has 1 aliphatic rings. The fourth-order valence-electron chi connectivity index (χ4n) is 1.64. The van der Waals surface area contributed by atoms with E-state index < -0.39 is 0 Å². The molecule has 4 nitrogen and oxygen atoms in total. The van der Waals surface area contributed by atoms with Crippen LogP contribution in [0.3, 0.4) is 0 Å². The van der Waals surface area contributed by atoms with Crippen molar-refractivity contribution in [2.24, 2.45) is 0 Å². The molecule has 4 heteroatoms. The first kappa shape index (κ1) is 12.5. The van der Waals surface area contributed by atoms with E-state index in [1.165, 1.54) is 0 Å². The number of ether oxygens (including phenoxy) is 3. The van der Waals surface area contributed by atoms with Gasteiger partial charge in [-0.15, -0.1) is 0 Å². The lowest BCUT2D eigenvalue weighted by Gasteiger charge is -2.09. The molecular weight excluding hydrogens is 232 g/mol. The van der Waals surface area contributed by atoms with Crippen molar-refractivity contribution in [2.45, 2.75) is 19.4 Å². The van der Waals surface area contributed by atoms with E-state index in [4.69, 9.17) is 14.2 Å². The maximum atomic E-state index is 10.7. The second-order valence-electron chi connectivity index (χ2n) is 3.91. The van der Waals surface area contributed by atoms with E-state index in [-0.39, 0.29) is 12.1 Å². The van der Waals surface area contributed by atoms with Gasteiger partial charge in [0, 0.05) is 6.42 Å². The van der Waals surface area contributed by atoms with Crippen molar-refractivity contribution in [2.75, 3.05) is 13.7 Å². The molecule has 1 aliphatic heterocycles. The molecule has 0 bridgehead atoms.